The maximum Gasteiger partial charge on any atom is 0.410 e. The van der Waals surface area contributed by atoms with Crippen molar-refractivity contribution in [1.82, 2.24) is 14.5 Å². The van der Waals surface area contributed by atoms with Gasteiger partial charge in [0.2, 0.25) is 0 Å². The molecular formula is C26H29N5O3. The smallest absolute Gasteiger partial charge is 0.410 e. The Labute approximate surface area is 199 Å². The molecule has 34 heavy (non-hydrogen) atoms. The number of aromatic nitrogens is 2. The Kier molecular flexibility index (Phi) is 7.33. The van der Waals surface area contributed by atoms with Gasteiger partial charge in [-0.25, -0.2) is 9.78 Å². The largest absolute Gasteiger partial charge is 0.493 e. The molecule has 0 unspecified atom stereocenters. The molecule has 0 saturated carbocycles. The lowest BCUT2D eigenvalue weighted by Gasteiger charge is -2.27. The molecule has 1 amide bonds. The van der Waals surface area contributed by atoms with Gasteiger partial charge >= 0.3 is 6.09 Å². The molecule has 1 aliphatic heterocycles. The zero-order valence-corrected chi connectivity index (χ0v) is 19.6. The van der Waals surface area contributed by atoms with Crippen LogP contribution in [0.3, 0.4) is 0 Å². The van der Waals surface area contributed by atoms with Crippen LogP contribution in [0.1, 0.15) is 30.0 Å². The molecule has 8 nitrogen and oxygen atoms in total. The van der Waals surface area contributed by atoms with E-state index in [0.29, 0.717) is 31.8 Å². The van der Waals surface area contributed by atoms with E-state index >= 15 is 0 Å². The summed E-state index contributed by atoms with van der Waals surface area (Å²) in [5.74, 6) is 1.72. The van der Waals surface area contributed by atoms with Crippen LogP contribution in [0.25, 0.3) is 0 Å². The van der Waals surface area contributed by atoms with Crippen molar-refractivity contribution in [2.75, 3.05) is 31.6 Å². The lowest BCUT2D eigenvalue weighted by Crippen LogP contribution is -2.37. The molecule has 1 aliphatic rings. The quantitative estimate of drug-likeness (QED) is 0.505. The van der Waals surface area contributed by atoms with E-state index in [1.54, 1.807) is 11.2 Å². The van der Waals surface area contributed by atoms with Gasteiger partial charge in [0.1, 0.15) is 18.2 Å². The van der Waals surface area contributed by atoms with Crippen LogP contribution >= 0.6 is 0 Å². The molecule has 176 valence electrons. The molecule has 8 heteroatoms. The summed E-state index contributed by atoms with van der Waals surface area (Å²) in [6, 6.07) is 17.5. The minimum absolute atomic E-state index is 0.166. The summed E-state index contributed by atoms with van der Waals surface area (Å²) in [4.78, 5) is 21.0. The summed E-state index contributed by atoms with van der Waals surface area (Å²) < 4.78 is 13.3. The number of nitriles is 1. The number of carbonyl (C=O) groups is 1. The highest BCUT2D eigenvalue weighted by Crippen LogP contribution is 2.24. The SMILES string of the molecule is CCOc1ccccc1COC(=O)N1CC[C@H](N(C)c2cncn2Cc2ccc(C#N)cc2)C1. The lowest BCUT2D eigenvalue weighted by atomic mass is 10.1. The van der Waals surface area contributed by atoms with Crippen molar-refractivity contribution in [3.63, 3.8) is 0 Å². The van der Waals surface area contributed by atoms with Crippen LogP contribution in [0, 0.1) is 11.3 Å². The molecule has 0 bridgehead atoms. The van der Waals surface area contributed by atoms with E-state index in [1.165, 1.54) is 0 Å². The van der Waals surface area contributed by atoms with E-state index in [0.717, 1.165) is 29.1 Å². The molecule has 0 N–H and O–H groups in total. The van der Waals surface area contributed by atoms with Crippen molar-refractivity contribution in [2.45, 2.75) is 32.5 Å². The third-order valence-electron chi connectivity index (χ3n) is 6.08. The molecule has 1 fully saturated rings. The third-order valence-corrected chi connectivity index (χ3v) is 6.08. The van der Waals surface area contributed by atoms with Gasteiger partial charge < -0.3 is 23.8 Å². The number of ether oxygens (including phenoxy) is 2. The molecule has 1 saturated heterocycles. The van der Waals surface area contributed by atoms with Crippen LogP contribution in [0.4, 0.5) is 10.6 Å². The van der Waals surface area contributed by atoms with Crippen molar-refractivity contribution >= 4 is 11.9 Å². The Hall–Kier alpha value is -3.99. The van der Waals surface area contributed by atoms with Gasteiger partial charge in [-0.15, -0.1) is 0 Å². The van der Waals surface area contributed by atoms with Gasteiger partial charge in [0.25, 0.3) is 0 Å². The lowest BCUT2D eigenvalue weighted by molar-refractivity contribution is 0.103. The van der Waals surface area contributed by atoms with E-state index in [-0.39, 0.29) is 18.7 Å². The molecule has 2 heterocycles. The highest BCUT2D eigenvalue weighted by atomic mass is 16.6. The van der Waals surface area contributed by atoms with Gasteiger partial charge in [-0.3, -0.25) is 0 Å². The standard InChI is InChI=1S/C26H29N5O3/c1-3-33-24-7-5-4-6-22(24)18-34-26(32)30-13-12-23(17-30)29(2)25-15-28-19-31(25)16-21-10-8-20(14-27)9-11-21/h4-11,15,19,23H,3,12-13,16-18H2,1-2H3/t23-/m0/s1. The van der Waals surface area contributed by atoms with Crippen molar-refractivity contribution in [3.8, 4) is 11.8 Å². The Bertz CT molecular complexity index is 1150. The van der Waals surface area contributed by atoms with Crippen LogP contribution in [0.5, 0.6) is 5.75 Å². The van der Waals surface area contributed by atoms with Gasteiger partial charge in [-0.2, -0.15) is 5.26 Å². The Morgan fingerprint density at radius 2 is 2.03 bits per heavy atom. The summed E-state index contributed by atoms with van der Waals surface area (Å²) in [6.07, 6.45) is 4.19. The van der Waals surface area contributed by atoms with Crippen LogP contribution in [0.2, 0.25) is 0 Å². The number of imidazole rings is 1. The van der Waals surface area contributed by atoms with Crippen molar-refractivity contribution in [3.05, 3.63) is 77.7 Å². The Morgan fingerprint density at radius 3 is 2.79 bits per heavy atom. The number of benzene rings is 2. The second kappa shape index (κ2) is 10.8. The molecule has 0 spiro atoms. The van der Waals surface area contributed by atoms with Gasteiger partial charge in [0, 0.05) is 31.7 Å². The number of likely N-dealkylation sites (N-methyl/N-ethyl adjacent to an activating group) is 1. The number of nitrogens with zero attached hydrogens (tertiary/aromatic N) is 5. The monoisotopic (exact) mass is 459 g/mol. The number of carbonyl (C=O) groups excluding carboxylic acids is 1. The van der Waals surface area contributed by atoms with Crippen molar-refractivity contribution < 1.29 is 14.3 Å². The van der Waals surface area contributed by atoms with Crippen LogP contribution in [-0.2, 0) is 17.9 Å². The summed E-state index contributed by atoms with van der Waals surface area (Å²) >= 11 is 0. The van der Waals surface area contributed by atoms with Crippen LogP contribution in [-0.4, -0.2) is 53.3 Å². The number of hydrogen-bond acceptors (Lipinski definition) is 6. The Morgan fingerprint density at radius 1 is 1.24 bits per heavy atom. The van der Waals surface area contributed by atoms with Gasteiger partial charge in [-0.05, 0) is 37.1 Å². The molecule has 4 rings (SSSR count). The van der Waals surface area contributed by atoms with Crippen molar-refractivity contribution in [2.24, 2.45) is 0 Å². The van der Waals surface area contributed by atoms with Crippen LogP contribution < -0.4 is 9.64 Å². The molecule has 3 aromatic rings. The summed E-state index contributed by atoms with van der Waals surface area (Å²) in [5.41, 5.74) is 2.60. The van der Waals surface area contributed by atoms with E-state index in [1.807, 2.05) is 68.7 Å². The second-order valence-electron chi connectivity index (χ2n) is 8.28. The highest BCUT2D eigenvalue weighted by Gasteiger charge is 2.31. The van der Waals surface area contributed by atoms with Gasteiger partial charge in [-0.1, -0.05) is 30.3 Å². The third kappa shape index (κ3) is 5.31. The summed E-state index contributed by atoms with van der Waals surface area (Å²) in [7, 11) is 2.03. The second-order valence-corrected chi connectivity index (χ2v) is 8.28. The zero-order chi connectivity index (χ0) is 23.9. The maximum absolute atomic E-state index is 12.7. The first-order chi connectivity index (χ1) is 16.6. The summed E-state index contributed by atoms with van der Waals surface area (Å²) in [6.45, 7) is 4.56. The van der Waals surface area contributed by atoms with Gasteiger partial charge in [0.15, 0.2) is 0 Å². The first-order valence-corrected chi connectivity index (χ1v) is 11.4. The van der Waals surface area contributed by atoms with E-state index in [9.17, 15) is 4.79 Å². The predicted molar refractivity (Wildman–Crippen MR) is 129 cm³/mol. The number of amides is 1. The average molecular weight is 460 g/mol. The number of anilines is 1. The minimum Gasteiger partial charge on any atom is -0.493 e. The summed E-state index contributed by atoms with van der Waals surface area (Å²) in [5, 5.41) is 8.99. The average Bonchev–Trinajstić information content (AvgIpc) is 3.54. The van der Waals surface area contributed by atoms with E-state index in [2.05, 4.69) is 20.5 Å². The van der Waals surface area contributed by atoms with Crippen LogP contribution in [0.15, 0.2) is 61.1 Å². The topological polar surface area (TPSA) is 83.6 Å². The number of likely N-dealkylation sites (tertiary alicyclic amines) is 1. The molecule has 1 aromatic heterocycles. The predicted octanol–water partition coefficient (Wildman–Crippen LogP) is 4.05. The fourth-order valence-electron chi connectivity index (χ4n) is 4.17. The molecule has 0 radical (unpaired) electrons. The van der Waals surface area contributed by atoms with Gasteiger partial charge in [0.05, 0.1) is 37.3 Å². The first-order valence-electron chi connectivity index (χ1n) is 11.4. The number of para-hydroxylation sites is 1. The molecule has 0 aliphatic carbocycles. The normalized spacial score (nSPS) is 15.1. The highest BCUT2D eigenvalue weighted by molar-refractivity contribution is 5.68. The molecule has 1 atom stereocenters. The van der Waals surface area contributed by atoms with E-state index in [4.69, 9.17) is 14.7 Å². The minimum atomic E-state index is -0.312. The van der Waals surface area contributed by atoms with Crippen molar-refractivity contribution in [1.29, 1.82) is 5.26 Å². The first kappa shape index (κ1) is 23.2. The number of rotatable bonds is 8. The zero-order valence-electron chi connectivity index (χ0n) is 19.6. The maximum atomic E-state index is 12.7. The number of hydrogen-bond donors (Lipinski definition) is 0. The molecule has 2 aromatic carbocycles. The fraction of sp³-hybridized carbons (Fsp3) is 0.346. The van der Waals surface area contributed by atoms with E-state index < -0.39 is 0 Å². The Balaban J connectivity index is 1.34. The molecular weight excluding hydrogens is 430 g/mol. The fourth-order valence-corrected chi connectivity index (χ4v) is 4.17.